The Labute approximate surface area is 84.8 Å². The molecule has 0 aliphatic heterocycles. The molecule has 1 aromatic carbocycles. The molecule has 74 valence electrons. The van der Waals surface area contributed by atoms with E-state index in [0.717, 1.165) is 17.7 Å². The molecule has 0 N–H and O–H groups in total. The van der Waals surface area contributed by atoms with Gasteiger partial charge in [0, 0.05) is 19.1 Å². The summed E-state index contributed by atoms with van der Waals surface area (Å²) in [7, 11) is 1.60. The molecule has 0 amide bonds. The molecule has 0 unspecified atom stereocenters. The highest BCUT2D eigenvalue weighted by Crippen LogP contribution is 2.11. The summed E-state index contributed by atoms with van der Waals surface area (Å²) in [5, 5.41) is 0. The van der Waals surface area contributed by atoms with Gasteiger partial charge in [-0.1, -0.05) is 18.8 Å². The zero-order chi connectivity index (χ0) is 10.2. The number of hydrogen-bond donors (Lipinski definition) is 0. The Bertz CT molecular complexity index is 316. The number of ether oxygens (including phenoxy) is 2. The molecule has 0 saturated heterocycles. The van der Waals surface area contributed by atoms with E-state index in [0.29, 0.717) is 0 Å². The van der Waals surface area contributed by atoms with E-state index in [-0.39, 0.29) is 6.79 Å². The second kappa shape index (κ2) is 6.06. The van der Waals surface area contributed by atoms with Gasteiger partial charge in [-0.15, -0.1) is 0 Å². The van der Waals surface area contributed by atoms with Crippen LogP contribution in [-0.4, -0.2) is 13.9 Å². The van der Waals surface area contributed by atoms with Gasteiger partial charge in [0.15, 0.2) is 6.79 Å². The second-order valence-corrected chi connectivity index (χ2v) is 2.73. The number of methoxy groups -OCH3 is 1. The molecule has 0 radical (unpaired) electrons. The van der Waals surface area contributed by atoms with Gasteiger partial charge in [0.2, 0.25) is 0 Å². The Morgan fingerprint density at radius 3 is 2.50 bits per heavy atom. The molecule has 0 aromatic heterocycles. The summed E-state index contributed by atoms with van der Waals surface area (Å²) in [5.41, 5.74) is 1.01. The third-order valence-corrected chi connectivity index (χ3v) is 1.61. The van der Waals surface area contributed by atoms with Crippen molar-refractivity contribution in [2.75, 3.05) is 13.9 Å². The Morgan fingerprint density at radius 2 is 1.93 bits per heavy atom. The van der Waals surface area contributed by atoms with Crippen LogP contribution in [-0.2, 0) is 4.74 Å². The molecule has 0 spiro atoms. The first-order valence-corrected chi connectivity index (χ1v) is 4.57. The molecule has 0 atom stereocenters. The van der Waals surface area contributed by atoms with Crippen molar-refractivity contribution in [2.24, 2.45) is 0 Å². The van der Waals surface area contributed by atoms with Crippen LogP contribution in [0.25, 0.3) is 0 Å². The van der Waals surface area contributed by atoms with E-state index in [1.54, 1.807) is 7.11 Å². The van der Waals surface area contributed by atoms with Crippen molar-refractivity contribution in [1.29, 1.82) is 0 Å². The Morgan fingerprint density at radius 1 is 1.21 bits per heavy atom. The average molecular weight is 190 g/mol. The van der Waals surface area contributed by atoms with Crippen LogP contribution in [0.2, 0.25) is 0 Å². The normalized spacial score (nSPS) is 9.00. The third-order valence-electron chi connectivity index (χ3n) is 1.61. The standard InChI is InChI=1S/C12H14O2/c1-3-4-5-11-6-8-12(9-7-11)14-10-13-2/h6-9H,3,10H2,1-2H3. The lowest BCUT2D eigenvalue weighted by atomic mass is 10.2. The molecular formula is C12H14O2. The maximum atomic E-state index is 5.24. The fourth-order valence-corrected chi connectivity index (χ4v) is 0.952. The lowest BCUT2D eigenvalue weighted by Gasteiger charge is -2.03. The molecule has 0 saturated carbocycles. The maximum absolute atomic E-state index is 5.24. The SMILES string of the molecule is CCC#Cc1ccc(OCOC)cc1. The zero-order valence-electron chi connectivity index (χ0n) is 8.54. The minimum absolute atomic E-state index is 0.278. The van der Waals surface area contributed by atoms with E-state index in [1.807, 2.05) is 31.2 Å². The van der Waals surface area contributed by atoms with Crippen LogP contribution in [0.1, 0.15) is 18.9 Å². The van der Waals surface area contributed by atoms with E-state index in [2.05, 4.69) is 11.8 Å². The van der Waals surface area contributed by atoms with Crippen LogP contribution in [0.5, 0.6) is 5.75 Å². The summed E-state index contributed by atoms with van der Waals surface area (Å²) >= 11 is 0. The Hall–Kier alpha value is -1.46. The van der Waals surface area contributed by atoms with Crippen molar-refractivity contribution in [3.05, 3.63) is 29.8 Å². The molecule has 0 fully saturated rings. The van der Waals surface area contributed by atoms with Gasteiger partial charge in [-0.2, -0.15) is 0 Å². The van der Waals surface area contributed by atoms with Crippen LogP contribution in [0.15, 0.2) is 24.3 Å². The van der Waals surface area contributed by atoms with Gasteiger partial charge in [-0.05, 0) is 24.3 Å². The van der Waals surface area contributed by atoms with Gasteiger partial charge >= 0.3 is 0 Å². The van der Waals surface area contributed by atoms with E-state index >= 15 is 0 Å². The molecule has 0 heterocycles. The van der Waals surface area contributed by atoms with Gasteiger partial charge in [-0.25, -0.2) is 0 Å². The fraction of sp³-hybridized carbons (Fsp3) is 0.333. The van der Waals surface area contributed by atoms with Crippen molar-refractivity contribution in [2.45, 2.75) is 13.3 Å². The highest BCUT2D eigenvalue weighted by Gasteiger charge is 1.91. The van der Waals surface area contributed by atoms with E-state index in [4.69, 9.17) is 9.47 Å². The van der Waals surface area contributed by atoms with Gasteiger partial charge in [-0.3, -0.25) is 0 Å². The smallest absolute Gasteiger partial charge is 0.188 e. The minimum Gasteiger partial charge on any atom is -0.468 e. The van der Waals surface area contributed by atoms with Crippen molar-refractivity contribution < 1.29 is 9.47 Å². The maximum Gasteiger partial charge on any atom is 0.188 e. The summed E-state index contributed by atoms with van der Waals surface area (Å²) in [6, 6.07) is 7.65. The van der Waals surface area contributed by atoms with Crippen LogP contribution < -0.4 is 4.74 Å². The summed E-state index contributed by atoms with van der Waals surface area (Å²) in [4.78, 5) is 0. The highest BCUT2D eigenvalue weighted by atomic mass is 16.7. The summed E-state index contributed by atoms with van der Waals surface area (Å²) in [5.74, 6) is 6.85. The van der Waals surface area contributed by atoms with Gasteiger partial charge in [0.05, 0.1) is 0 Å². The molecule has 14 heavy (non-hydrogen) atoms. The third kappa shape index (κ3) is 3.51. The molecule has 0 aliphatic carbocycles. The fourth-order valence-electron chi connectivity index (χ4n) is 0.952. The minimum atomic E-state index is 0.278. The lowest BCUT2D eigenvalue weighted by Crippen LogP contribution is -1.98. The molecule has 2 heteroatoms. The van der Waals surface area contributed by atoms with E-state index in [1.165, 1.54) is 0 Å². The predicted octanol–water partition coefficient (Wildman–Crippen LogP) is 2.43. The van der Waals surface area contributed by atoms with Crippen LogP contribution in [0, 0.1) is 11.8 Å². The van der Waals surface area contributed by atoms with E-state index in [9.17, 15) is 0 Å². The van der Waals surface area contributed by atoms with Crippen LogP contribution in [0.3, 0.4) is 0 Å². The van der Waals surface area contributed by atoms with Crippen molar-refractivity contribution in [1.82, 2.24) is 0 Å². The summed E-state index contributed by atoms with van der Waals surface area (Å²) < 4.78 is 10.0. The largest absolute Gasteiger partial charge is 0.468 e. The molecule has 2 nitrogen and oxygen atoms in total. The van der Waals surface area contributed by atoms with Gasteiger partial charge in [0.1, 0.15) is 5.75 Å². The van der Waals surface area contributed by atoms with Crippen molar-refractivity contribution >= 4 is 0 Å². The number of hydrogen-bond acceptors (Lipinski definition) is 2. The monoisotopic (exact) mass is 190 g/mol. The quantitative estimate of drug-likeness (QED) is 0.538. The van der Waals surface area contributed by atoms with E-state index < -0.39 is 0 Å². The number of benzene rings is 1. The Balaban J connectivity index is 2.59. The summed E-state index contributed by atoms with van der Waals surface area (Å²) in [6.45, 7) is 2.31. The first-order chi connectivity index (χ1) is 6.86. The Kier molecular flexibility index (Phi) is 4.60. The van der Waals surface area contributed by atoms with Crippen molar-refractivity contribution in [3.63, 3.8) is 0 Å². The molecular weight excluding hydrogens is 176 g/mol. The lowest BCUT2D eigenvalue weighted by molar-refractivity contribution is 0.0511. The topological polar surface area (TPSA) is 18.5 Å². The average Bonchev–Trinajstić information content (AvgIpc) is 2.25. The predicted molar refractivity (Wildman–Crippen MR) is 56.1 cm³/mol. The highest BCUT2D eigenvalue weighted by molar-refractivity contribution is 5.38. The van der Waals surface area contributed by atoms with Gasteiger partial charge < -0.3 is 9.47 Å². The first kappa shape index (κ1) is 10.6. The zero-order valence-corrected chi connectivity index (χ0v) is 8.54. The molecule has 0 bridgehead atoms. The van der Waals surface area contributed by atoms with Crippen LogP contribution in [0.4, 0.5) is 0 Å². The number of rotatable bonds is 3. The summed E-state index contributed by atoms with van der Waals surface area (Å²) in [6.07, 6.45) is 0.877. The van der Waals surface area contributed by atoms with Crippen LogP contribution >= 0.6 is 0 Å². The molecule has 1 aromatic rings. The molecule has 0 aliphatic rings. The van der Waals surface area contributed by atoms with Gasteiger partial charge in [0.25, 0.3) is 0 Å². The second-order valence-electron chi connectivity index (χ2n) is 2.73. The molecule has 1 rings (SSSR count). The van der Waals surface area contributed by atoms with Crippen molar-refractivity contribution in [3.8, 4) is 17.6 Å². The first-order valence-electron chi connectivity index (χ1n) is 4.57.